The van der Waals surface area contributed by atoms with Crippen LogP contribution in [0.3, 0.4) is 0 Å². The Morgan fingerprint density at radius 3 is 3.07 bits per heavy atom. The Balaban J connectivity index is 2.34. The van der Waals surface area contributed by atoms with E-state index in [4.69, 9.17) is 11.0 Å². The molecule has 78 valence electrons. The normalized spacial score (nSPS) is 9.27. The summed E-state index contributed by atoms with van der Waals surface area (Å²) in [5, 5.41) is 11.4. The first-order valence-corrected chi connectivity index (χ1v) is 5.19. The quantitative estimate of drug-likeness (QED) is 0.568. The molecule has 0 aromatic carbocycles. The number of amides is 1. The molecule has 0 atom stereocenters. The molecular weight excluding hydrogens is 212 g/mol. The maximum atomic E-state index is 11.1. The number of nitrogens with zero attached hydrogens (tertiary/aromatic N) is 2. The van der Waals surface area contributed by atoms with Gasteiger partial charge in [0.15, 0.2) is 0 Å². The summed E-state index contributed by atoms with van der Waals surface area (Å²) in [7, 11) is 0. The van der Waals surface area contributed by atoms with Gasteiger partial charge in [0.1, 0.15) is 6.54 Å². The van der Waals surface area contributed by atoms with E-state index in [9.17, 15) is 4.79 Å². The van der Waals surface area contributed by atoms with Crippen molar-refractivity contribution in [3.05, 3.63) is 18.3 Å². The van der Waals surface area contributed by atoms with E-state index in [1.165, 1.54) is 18.0 Å². The first-order chi connectivity index (χ1) is 7.22. The van der Waals surface area contributed by atoms with E-state index in [2.05, 4.69) is 10.3 Å². The molecule has 5 nitrogen and oxygen atoms in total. The second kappa shape index (κ2) is 5.88. The maximum Gasteiger partial charge on any atom is 0.231 e. The van der Waals surface area contributed by atoms with Crippen molar-refractivity contribution in [2.45, 2.75) is 5.03 Å². The van der Waals surface area contributed by atoms with Gasteiger partial charge < -0.3 is 11.1 Å². The first-order valence-electron chi connectivity index (χ1n) is 4.20. The molecule has 0 fully saturated rings. The summed E-state index contributed by atoms with van der Waals surface area (Å²) < 4.78 is 0. The summed E-state index contributed by atoms with van der Waals surface area (Å²) in [5.74, 6) is 0.0682. The Hall–Kier alpha value is -1.74. The van der Waals surface area contributed by atoms with Crippen LogP contribution in [0.5, 0.6) is 0 Å². The summed E-state index contributed by atoms with van der Waals surface area (Å²) in [6, 6.07) is 5.30. The molecule has 1 heterocycles. The summed E-state index contributed by atoms with van der Waals surface area (Å²) >= 11 is 1.30. The van der Waals surface area contributed by atoms with Gasteiger partial charge in [-0.3, -0.25) is 4.79 Å². The molecule has 0 spiro atoms. The van der Waals surface area contributed by atoms with Crippen LogP contribution in [0.4, 0.5) is 5.69 Å². The number of anilines is 1. The smallest absolute Gasteiger partial charge is 0.231 e. The number of pyridine rings is 1. The van der Waals surface area contributed by atoms with Gasteiger partial charge >= 0.3 is 0 Å². The zero-order chi connectivity index (χ0) is 11.1. The lowest BCUT2D eigenvalue weighted by molar-refractivity contribution is -0.118. The number of hydrogen-bond acceptors (Lipinski definition) is 5. The van der Waals surface area contributed by atoms with Crippen molar-refractivity contribution in [3.8, 4) is 6.07 Å². The van der Waals surface area contributed by atoms with Crippen molar-refractivity contribution in [1.29, 1.82) is 5.26 Å². The van der Waals surface area contributed by atoms with E-state index >= 15 is 0 Å². The van der Waals surface area contributed by atoms with E-state index in [0.717, 1.165) is 5.03 Å². The molecule has 0 aliphatic rings. The summed E-state index contributed by atoms with van der Waals surface area (Å²) in [6.07, 6.45) is 1.54. The van der Waals surface area contributed by atoms with E-state index in [-0.39, 0.29) is 18.2 Å². The van der Waals surface area contributed by atoms with E-state index < -0.39 is 0 Å². The molecule has 1 aromatic heterocycles. The predicted octanol–water partition coefficient (Wildman–Crippen LogP) is 0.396. The third-order valence-corrected chi connectivity index (χ3v) is 2.42. The van der Waals surface area contributed by atoms with Crippen LogP contribution < -0.4 is 11.1 Å². The minimum Gasteiger partial charge on any atom is -0.397 e. The third kappa shape index (κ3) is 4.33. The summed E-state index contributed by atoms with van der Waals surface area (Å²) in [5.41, 5.74) is 6.05. The van der Waals surface area contributed by atoms with Gasteiger partial charge in [-0.05, 0) is 12.1 Å². The highest BCUT2D eigenvalue weighted by atomic mass is 32.2. The van der Waals surface area contributed by atoms with E-state index in [0.29, 0.717) is 5.69 Å². The molecule has 0 saturated carbocycles. The number of nitrogen functional groups attached to an aromatic ring is 1. The van der Waals surface area contributed by atoms with Crippen molar-refractivity contribution in [2.75, 3.05) is 18.0 Å². The van der Waals surface area contributed by atoms with E-state index in [1.807, 2.05) is 6.07 Å². The zero-order valence-electron chi connectivity index (χ0n) is 7.93. The number of rotatable bonds is 4. The fraction of sp³-hybridized carbons (Fsp3) is 0.222. The van der Waals surface area contributed by atoms with Crippen LogP contribution in [0.1, 0.15) is 0 Å². The van der Waals surface area contributed by atoms with E-state index in [1.54, 1.807) is 12.1 Å². The minimum absolute atomic E-state index is 0.0363. The molecule has 1 rings (SSSR count). The van der Waals surface area contributed by atoms with Gasteiger partial charge in [-0.25, -0.2) is 4.98 Å². The Labute approximate surface area is 91.7 Å². The molecule has 6 heteroatoms. The third-order valence-electron chi connectivity index (χ3n) is 1.47. The van der Waals surface area contributed by atoms with Gasteiger partial charge in [0.05, 0.1) is 28.7 Å². The molecule has 1 amide bonds. The highest BCUT2D eigenvalue weighted by Crippen LogP contribution is 2.15. The molecule has 0 bridgehead atoms. The van der Waals surface area contributed by atoms with Gasteiger partial charge in [-0.1, -0.05) is 11.8 Å². The SMILES string of the molecule is N#CCNC(=O)CSc1ccc(N)cn1. The van der Waals surface area contributed by atoms with Crippen molar-refractivity contribution in [2.24, 2.45) is 0 Å². The average molecular weight is 222 g/mol. The van der Waals surface area contributed by atoms with Gasteiger partial charge in [0, 0.05) is 0 Å². The largest absolute Gasteiger partial charge is 0.397 e. The van der Waals surface area contributed by atoms with Crippen LogP contribution >= 0.6 is 11.8 Å². The van der Waals surface area contributed by atoms with Gasteiger partial charge in [0.2, 0.25) is 5.91 Å². The van der Waals surface area contributed by atoms with Crippen LogP contribution in [-0.4, -0.2) is 23.2 Å². The van der Waals surface area contributed by atoms with Crippen LogP contribution in [0.25, 0.3) is 0 Å². The lowest BCUT2D eigenvalue weighted by atomic mass is 10.4. The lowest BCUT2D eigenvalue weighted by Crippen LogP contribution is -2.25. The topological polar surface area (TPSA) is 91.8 Å². The molecule has 0 radical (unpaired) electrons. The highest BCUT2D eigenvalue weighted by Gasteiger charge is 2.02. The van der Waals surface area contributed by atoms with Crippen LogP contribution in [0, 0.1) is 11.3 Å². The average Bonchev–Trinajstić information content (AvgIpc) is 2.25. The summed E-state index contributed by atoms with van der Waals surface area (Å²) in [6.45, 7) is 0.0363. The Bertz CT molecular complexity index is 371. The second-order valence-electron chi connectivity index (χ2n) is 2.65. The fourth-order valence-electron chi connectivity index (χ4n) is 0.806. The second-order valence-corrected chi connectivity index (χ2v) is 3.65. The van der Waals surface area contributed by atoms with Crippen molar-refractivity contribution >= 4 is 23.4 Å². The fourth-order valence-corrected chi connectivity index (χ4v) is 1.48. The number of nitrogens with two attached hydrogens (primary N) is 1. The highest BCUT2D eigenvalue weighted by molar-refractivity contribution is 7.99. The van der Waals surface area contributed by atoms with Gasteiger partial charge in [-0.2, -0.15) is 5.26 Å². The zero-order valence-corrected chi connectivity index (χ0v) is 8.75. The maximum absolute atomic E-state index is 11.1. The predicted molar refractivity (Wildman–Crippen MR) is 58.0 cm³/mol. The van der Waals surface area contributed by atoms with Crippen LogP contribution in [0.2, 0.25) is 0 Å². The van der Waals surface area contributed by atoms with Gasteiger partial charge in [-0.15, -0.1) is 0 Å². The monoisotopic (exact) mass is 222 g/mol. The standard InChI is InChI=1S/C9H10N4OS/c10-3-4-12-8(14)6-15-9-2-1-7(11)5-13-9/h1-2,5H,4,6,11H2,(H,12,14). The Morgan fingerprint density at radius 2 is 2.47 bits per heavy atom. The molecule has 0 aliphatic carbocycles. The minimum atomic E-state index is -0.180. The van der Waals surface area contributed by atoms with Crippen molar-refractivity contribution in [1.82, 2.24) is 10.3 Å². The Morgan fingerprint density at radius 1 is 1.67 bits per heavy atom. The Kier molecular flexibility index (Phi) is 4.44. The molecule has 1 aromatic rings. The number of aromatic nitrogens is 1. The molecule has 0 aliphatic heterocycles. The molecule has 15 heavy (non-hydrogen) atoms. The van der Waals surface area contributed by atoms with Crippen LogP contribution in [0.15, 0.2) is 23.4 Å². The van der Waals surface area contributed by atoms with Crippen LogP contribution in [-0.2, 0) is 4.79 Å². The molecule has 3 N–H and O–H groups in total. The number of carbonyl (C=O) groups excluding carboxylic acids is 1. The van der Waals surface area contributed by atoms with Crippen molar-refractivity contribution < 1.29 is 4.79 Å². The first kappa shape index (κ1) is 11.3. The van der Waals surface area contributed by atoms with Gasteiger partial charge in [0.25, 0.3) is 0 Å². The number of thioether (sulfide) groups is 1. The van der Waals surface area contributed by atoms with Crippen molar-refractivity contribution in [3.63, 3.8) is 0 Å². The molecule has 0 unspecified atom stereocenters. The molecule has 0 saturated heterocycles. The number of carbonyl (C=O) groups is 1. The molecular formula is C9H10N4OS. The number of nitrogens with one attached hydrogen (secondary N) is 1. The lowest BCUT2D eigenvalue weighted by Gasteiger charge is -2.00. The number of hydrogen-bond donors (Lipinski definition) is 2. The summed E-state index contributed by atoms with van der Waals surface area (Å²) in [4.78, 5) is 15.1. The number of nitriles is 1.